The number of hydrogen-bond donors (Lipinski definition) is 1. The van der Waals surface area contributed by atoms with Gasteiger partial charge < -0.3 is 33.4 Å². The molecule has 1 saturated heterocycles. The first kappa shape index (κ1) is 20.9. The zero-order valence-electron chi connectivity index (χ0n) is 16.8. The molecule has 1 aromatic heterocycles. The predicted octanol–water partition coefficient (Wildman–Crippen LogP) is 2.03. The van der Waals surface area contributed by atoms with E-state index in [-0.39, 0.29) is 25.0 Å². The maximum absolute atomic E-state index is 13.0. The normalized spacial score (nSPS) is 22.0. The van der Waals surface area contributed by atoms with E-state index in [0.717, 1.165) is 16.5 Å². The summed E-state index contributed by atoms with van der Waals surface area (Å²) >= 11 is 0. The molecule has 30 heavy (non-hydrogen) atoms. The molecule has 2 aliphatic rings. The summed E-state index contributed by atoms with van der Waals surface area (Å²) in [5.41, 5.74) is 1.81. The number of carbonyl (C=O) groups is 1. The number of ether oxygens (including phenoxy) is 4. The number of aliphatic hydroxyl groups is 1. The number of amides is 1. The van der Waals surface area contributed by atoms with E-state index in [2.05, 4.69) is 0 Å². The molecule has 0 saturated carbocycles. The molecule has 162 valence electrons. The van der Waals surface area contributed by atoms with Gasteiger partial charge >= 0.3 is 0 Å². The standard InChI is InChI=1S/C22H27NO7/c24-7-10-27-11-12-28-21-14-16(18-15-29-19-4-2-1-3-17(18)19)13-20(30-21)22(25)23-5-8-26-9-6-23/h1-4,13,15-16,21,24H,5-12,14H2/t16-,21+/m0/s1. The van der Waals surface area contributed by atoms with E-state index in [1.165, 1.54) is 0 Å². The minimum absolute atomic E-state index is 0.0312. The molecular weight excluding hydrogens is 390 g/mol. The Kier molecular flexibility index (Phi) is 7.01. The van der Waals surface area contributed by atoms with Gasteiger partial charge in [0.1, 0.15) is 5.58 Å². The number of allylic oxidation sites excluding steroid dienone is 1. The summed E-state index contributed by atoms with van der Waals surface area (Å²) in [6, 6.07) is 7.84. The number of morpholine rings is 1. The Labute approximate surface area is 174 Å². The molecule has 2 aliphatic heterocycles. The van der Waals surface area contributed by atoms with E-state index in [1.54, 1.807) is 11.2 Å². The highest BCUT2D eigenvalue weighted by atomic mass is 16.7. The van der Waals surface area contributed by atoms with Crippen LogP contribution in [0, 0.1) is 0 Å². The molecule has 8 heteroatoms. The number of nitrogens with zero attached hydrogens (tertiary/aromatic N) is 1. The molecule has 4 rings (SSSR count). The van der Waals surface area contributed by atoms with E-state index in [9.17, 15) is 4.79 Å². The average Bonchev–Trinajstić information content (AvgIpc) is 3.23. The Morgan fingerprint density at radius 1 is 1.17 bits per heavy atom. The lowest BCUT2D eigenvalue weighted by atomic mass is 9.92. The lowest BCUT2D eigenvalue weighted by Gasteiger charge is -2.32. The summed E-state index contributed by atoms with van der Waals surface area (Å²) < 4.78 is 28.1. The molecule has 1 fully saturated rings. The molecule has 1 N–H and O–H groups in total. The van der Waals surface area contributed by atoms with Gasteiger partial charge in [-0.25, -0.2) is 0 Å². The van der Waals surface area contributed by atoms with E-state index in [0.29, 0.717) is 51.7 Å². The van der Waals surface area contributed by atoms with Crippen molar-refractivity contribution in [2.45, 2.75) is 18.6 Å². The monoisotopic (exact) mass is 417 g/mol. The molecule has 0 radical (unpaired) electrons. The van der Waals surface area contributed by atoms with Crippen molar-refractivity contribution in [3.63, 3.8) is 0 Å². The Morgan fingerprint density at radius 3 is 2.83 bits per heavy atom. The van der Waals surface area contributed by atoms with Crippen LogP contribution >= 0.6 is 0 Å². The molecule has 1 amide bonds. The van der Waals surface area contributed by atoms with E-state index < -0.39 is 6.29 Å². The molecule has 2 atom stereocenters. The number of furan rings is 1. The second-order valence-corrected chi connectivity index (χ2v) is 7.22. The number of hydrogen-bond acceptors (Lipinski definition) is 7. The maximum atomic E-state index is 13.0. The second kappa shape index (κ2) is 10.1. The van der Waals surface area contributed by atoms with Gasteiger partial charge in [-0.3, -0.25) is 4.79 Å². The summed E-state index contributed by atoms with van der Waals surface area (Å²) in [6.45, 7) is 3.01. The molecule has 3 heterocycles. The van der Waals surface area contributed by atoms with Gasteiger partial charge in [0.2, 0.25) is 6.29 Å². The first-order valence-electron chi connectivity index (χ1n) is 10.3. The predicted molar refractivity (Wildman–Crippen MR) is 108 cm³/mol. The molecule has 0 spiro atoms. The lowest BCUT2D eigenvalue weighted by molar-refractivity contribution is -0.158. The molecular formula is C22H27NO7. The van der Waals surface area contributed by atoms with Crippen LogP contribution in [0.4, 0.5) is 0 Å². The Balaban J connectivity index is 1.53. The zero-order chi connectivity index (χ0) is 20.8. The van der Waals surface area contributed by atoms with E-state index >= 15 is 0 Å². The van der Waals surface area contributed by atoms with Crippen LogP contribution in [0.1, 0.15) is 17.9 Å². The van der Waals surface area contributed by atoms with Crippen LogP contribution in [0.3, 0.4) is 0 Å². The number of para-hydroxylation sites is 1. The lowest BCUT2D eigenvalue weighted by Crippen LogP contribution is -2.43. The van der Waals surface area contributed by atoms with Crippen molar-refractivity contribution in [2.24, 2.45) is 0 Å². The van der Waals surface area contributed by atoms with Crippen molar-refractivity contribution in [1.82, 2.24) is 4.90 Å². The van der Waals surface area contributed by atoms with Gasteiger partial charge in [0.15, 0.2) is 5.76 Å². The first-order valence-corrected chi connectivity index (χ1v) is 10.3. The largest absolute Gasteiger partial charge is 0.464 e. The van der Waals surface area contributed by atoms with Crippen LogP contribution in [-0.4, -0.2) is 74.9 Å². The molecule has 2 aromatic rings. The number of aliphatic hydroxyl groups excluding tert-OH is 1. The van der Waals surface area contributed by atoms with Crippen LogP contribution in [-0.2, 0) is 23.7 Å². The van der Waals surface area contributed by atoms with Crippen molar-refractivity contribution in [1.29, 1.82) is 0 Å². The third kappa shape index (κ3) is 4.84. The SMILES string of the molecule is O=C(C1=C[C@H](c2coc3ccccc23)C[C@H](OCCOCCO)O1)N1CCOCC1. The van der Waals surface area contributed by atoms with Gasteiger partial charge in [0.25, 0.3) is 5.91 Å². The van der Waals surface area contributed by atoms with Crippen molar-refractivity contribution in [2.75, 3.05) is 52.7 Å². The van der Waals surface area contributed by atoms with Crippen molar-refractivity contribution < 1.29 is 33.3 Å². The Morgan fingerprint density at radius 2 is 2.00 bits per heavy atom. The van der Waals surface area contributed by atoms with Crippen LogP contribution in [0.2, 0.25) is 0 Å². The second-order valence-electron chi connectivity index (χ2n) is 7.22. The van der Waals surface area contributed by atoms with Gasteiger partial charge in [-0.05, 0) is 12.1 Å². The van der Waals surface area contributed by atoms with Gasteiger partial charge in [-0.2, -0.15) is 0 Å². The average molecular weight is 417 g/mol. The fraction of sp³-hybridized carbons (Fsp3) is 0.500. The summed E-state index contributed by atoms with van der Waals surface area (Å²) in [6.07, 6.45) is 3.60. The highest BCUT2D eigenvalue weighted by Crippen LogP contribution is 2.36. The topological polar surface area (TPSA) is 90.6 Å². The Hall–Kier alpha value is -2.39. The molecule has 1 aromatic carbocycles. The quantitative estimate of drug-likeness (QED) is 0.657. The van der Waals surface area contributed by atoms with Crippen LogP contribution in [0.15, 0.2) is 46.8 Å². The fourth-order valence-electron chi connectivity index (χ4n) is 3.74. The van der Waals surface area contributed by atoms with Crippen LogP contribution in [0.5, 0.6) is 0 Å². The number of benzene rings is 1. The highest BCUT2D eigenvalue weighted by Gasteiger charge is 2.32. The van der Waals surface area contributed by atoms with E-state index in [4.69, 9.17) is 28.5 Å². The van der Waals surface area contributed by atoms with E-state index in [1.807, 2.05) is 30.3 Å². The third-order valence-electron chi connectivity index (χ3n) is 5.24. The molecule has 0 bridgehead atoms. The van der Waals surface area contributed by atoms with Gasteiger partial charge in [-0.1, -0.05) is 18.2 Å². The zero-order valence-corrected chi connectivity index (χ0v) is 16.8. The summed E-state index contributed by atoms with van der Waals surface area (Å²) in [5.74, 6) is 0.0615. The van der Waals surface area contributed by atoms with Crippen molar-refractivity contribution >= 4 is 16.9 Å². The van der Waals surface area contributed by atoms with Gasteiger partial charge in [0, 0.05) is 36.4 Å². The molecule has 0 aliphatic carbocycles. The van der Waals surface area contributed by atoms with Crippen LogP contribution < -0.4 is 0 Å². The summed E-state index contributed by atoms with van der Waals surface area (Å²) in [5, 5.41) is 9.82. The number of rotatable bonds is 8. The number of fused-ring (bicyclic) bond motifs is 1. The minimum Gasteiger partial charge on any atom is -0.464 e. The number of carbonyl (C=O) groups excluding carboxylic acids is 1. The van der Waals surface area contributed by atoms with Crippen LogP contribution in [0.25, 0.3) is 11.0 Å². The molecule has 0 unspecified atom stereocenters. The maximum Gasteiger partial charge on any atom is 0.288 e. The van der Waals surface area contributed by atoms with Gasteiger partial charge in [-0.15, -0.1) is 0 Å². The van der Waals surface area contributed by atoms with Crippen molar-refractivity contribution in [3.05, 3.63) is 47.9 Å². The first-order chi connectivity index (χ1) is 14.8. The third-order valence-corrected chi connectivity index (χ3v) is 5.24. The summed E-state index contributed by atoms with van der Waals surface area (Å²) in [4.78, 5) is 14.8. The van der Waals surface area contributed by atoms with Crippen molar-refractivity contribution in [3.8, 4) is 0 Å². The Bertz CT molecular complexity index is 871. The highest BCUT2D eigenvalue weighted by molar-refractivity contribution is 5.92. The molecule has 8 nitrogen and oxygen atoms in total. The summed E-state index contributed by atoms with van der Waals surface area (Å²) in [7, 11) is 0. The smallest absolute Gasteiger partial charge is 0.288 e. The fourth-order valence-corrected chi connectivity index (χ4v) is 3.74. The van der Waals surface area contributed by atoms with Gasteiger partial charge in [0.05, 0.1) is 45.9 Å². The minimum atomic E-state index is -0.577.